The molecule has 0 unspecified atom stereocenters. The molecule has 0 spiro atoms. The Bertz CT molecular complexity index is 1140. The average Bonchev–Trinajstić information content (AvgIpc) is 3.09. The normalized spacial score (nSPS) is 10.7. The number of amides is 1. The maximum atomic E-state index is 13.4. The number of nitrogens with one attached hydrogen (secondary N) is 1. The number of hydrogen-bond donors (Lipinski definition) is 1. The topological polar surface area (TPSA) is 98.5 Å². The Morgan fingerprint density at radius 3 is 2.66 bits per heavy atom. The van der Waals surface area contributed by atoms with Gasteiger partial charge in [0, 0.05) is 47.7 Å². The van der Waals surface area contributed by atoms with Gasteiger partial charge in [-0.05, 0) is 25.1 Å². The second-order valence-electron chi connectivity index (χ2n) is 6.24. The van der Waals surface area contributed by atoms with Gasteiger partial charge in [-0.3, -0.25) is 14.8 Å². The minimum atomic E-state index is -0.579. The Balaban J connectivity index is 1.44. The van der Waals surface area contributed by atoms with Crippen molar-refractivity contribution in [2.24, 2.45) is 0 Å². The van der Waals surface area contributed by atoms with Gasteiger partial charge in [0.1, 0.15) is 12.4 Å². The fourth-order valence-electron chi connectivity index (χ4n) is 2.84. The molecule has 8 nitrogen and oxygen atoms in total. The lowest BCUT2D eigenvalue weighted by atomic mass is 10.1. The quantitative estimate of drug-likeness (QED) is 0.527. The summed E-state index contributed by atoms with van der Waals surface area (Å²) in [5.41, 5.74) is 3.46. The van der Waals surface area contributed by atoms with Crippen LogP contribution in [0.3, 0.4) is 0 Å². The van der Waals surface area contributed by atoms with Crippen LogP contribution in [0, 0.1) is 12.9 Å². The van der Waals surface area contributed by atoms with Crippen LogP contribution in [-0.2, 0) is 11.3 Å². The first-order valence-electron chi connectivity index (χ1n) is 8.76. The number of anilines is 1. The van der Waals surface area contributed by atoms with Crippen molar-refractivity contribution in [3.05, 3.63) is 73.2 Å². The summed E-state index contributed by atoms with van der Waals surface area (Å²) in [6, 6.07) is 6.49. The Morgan fingerprint density at radius 1 is 1.03 bits per heavy atom. The molecule has 0 radical (unpaired) electrons. The largest absolute Gasteiger partial charge is 0.325 e. The van der Waals surface area contributed by atoms with Gasteiger partial charge in [-0.15, -0.1) is 0 Å². The zero-order chi connectivity index (χ0) is 20.2. The second kappa shape index (κ2) is 7.93. The summed E-state index contributed by atoms with van der Waals surface area (Å²) >= 11 is 0. The van der Waals surface area contributed by atoms with Crippen LogP contribution in [0.2, 0.25) is 0 Å². The van der Waals surface area contributed by atoms with Crippen molar-refractivity contribution < 1.29 is 9.18 Å². The predicted molar refractivity (Wildman–Crippen MR) is 104 cm³/mol. The molecule has 0 aromatic carbocycles. The third kappa shape index (κ3) is 4.13. The lowest BCUT2D eigenvalue weighted by Gasteiger charge is -2.08. The van der Waals surface area contributed by atoms with Gasteiger partial charge < -0.3 is 9.88 Å². The Hall–Kier alpha value is -4.01. The fraction of sp³-hybridized carbons (Fsp3) is 0.100. The van der Waals surface area contributed by atoms with Gasteiger partial charge in [-0.1, -0.05) is 0 Å². The molecular weight excluding hydrogens is 373 g/mol. The van der Waals surface area contributed by atoms with Gasteiger partial charge in [-0.25, -0.2) is 15.0 Å². The predicted octanol–water partition coefficient (Wildman–Crippen LogP) is 2.88. The van der Waals surface area contributed by atoms with Gasteiger partial charge in [0.15, 0.2) is 0 Å². The molecule has 1 N–H and O–H groups in total. The van der Waals surface area contributed by atoms with E-state index in [0.29, 0.717) is 22.8 Å². The highest BCUT2D eigenvalue weighted by Crippen LogP contribution is 2.21. The number of nitrogens with zero attached hydrogens (tertiary/aromatic N) is 6. The molecule has 0 fully saturated rings. The molecule has 0 atom stereocenters. The standard InChI is InChI=1S/C20H16FN7O/c1-13-20(14-4-5-24-17(21)8-14)26-12-28(13)11-19(29)27-18-3-2-15(9-25-18)16-10-22-6-7-23-16/h2-10,12H,11H2,1H3,(H,25,27,29). The van der Waals surface area contributed by atoms with E-state index in [-0.39, 0.29) is 12.5 Å². The molecule has 0 bridgehead atoms. The van der Waals surface area contributed by atoms with Crippen molar-refractivity contribution in [2.45, 2.75) is 13.5 Å². The maximum Gasteiger partial charge on any atom is 0.245 e. The molecule has 0 saturated carbocycles. The molecule has 0 saturated heterocycles. The molecule has 4 aromatic heterocycles. The first kappa shape index (κ1) is 18.4. The molecule has 4 rings (SSSR count). The van der Waals surface area contributed by atoms with Gasteiger partial charge in [0.25, 0.3) is 0 Å². The summed E-state index contributed by atoms with van der Waals surface area (Å²) in [5, 5.41) is 2.75. The van der Waals surface area contributed by atoms with Crippen LogP contribution in [0.1, 0.15) is 5.69 Å². The SMILES string of the molecule is Cc1c(-c2ccnc(F)c2)ncn1CC(=O)Nc1ccc(-c2cnccn2)cn1. The van der Waals surface area contributed by atoms with Crippen molar-refractivity contribution in [2.75, 3.05) is 5.32 Å². The number of carbonyl (C=O) groups is 1. The highest BCUT2D eigenvalue weighted by molar-refractivity contribution is 5.89. The number of rotatable bonds is 5. The summed E-state index contributed by atoms with van der Waals surface area (Å²) in [5.74, 6) is -0.403. The zero-order valence-electron chi connectivity index (χ0n) is 15.5. The van der Waals surface area contributed by atoms with E-state index in [1.807, 2.05) is 13.0 Å². The third-order valence-electron chi connectivity index (χ3n) is 4.30. The van der Waals surface area contributed by atoms with Gasteiger partial charge in [-0.2, -0.15) is 4.39 Å². The van der Waals surface area contributed by atoms with E-state index in [1.54, 1.807) is 47.8 Å². The van der Waals surface area contributed by atoms with Crippen LogP contribution in [0.25, 0.3) is 22.5 Å². The van der Waals surface area contributed by atoms with Crippen molar-refractivity contribution >= 4 is 11.7 Å². The number of halogens is 1. The molecule has 144 valence electrons. The van der Waals surface area contributed by atoms with Crippen LogP contribution in [0.15, 0.2) is 61.6 Å². The third-order valence-corrected chi connectivity index (χ3v) is 4.30. The molecule has 0 aliphatic heterocycles. The minimum Gasteiger partial charge on any atom is -0.325 e. The summed E-state index contributed by atoms with van der Waals surface area (Å²) in [6.45, 7) is 1.88. The molecule has 1 amide bonds. The molecule has 4 aromatic rings. The van der Waals surface area contributed by atoms with Gasteiger partial charge >= 0.3 is 0 Å². The first-order chi connectivity index (χ1) is 14.1. The van der Waals surface area contributed by atoms with E-state index in [9.17, 15) is 9.18 Å². The minimum absolute atomic E-state index is 0.0555. The van der Waals surface area contributed by atoms with Crippen molar-refractivity contribution in [1.82, 2.24) is 29.5 Å². The van der Waals surface area contributed by atoms with Crippen LogP contribution in [-0.4, -0.2) is 35.4 Å². The number of aromatic nitrogens is 6. The Labute approximate surface area is 165 Å². The summed E-state index contributed by atoms with van der Waals surface area (Å²) < 4.78 is 15.0. The molecular formula is C20H16FN7O. The molecule has 0 aliphatic carbocycles. The number of carbonyl (C=O) groups excluding carboxylic acids is 1. The van der Waals surface area contributed by atoms with Crippen LogP contribution < -0.4 is 5.32 Å². The highest BCUT2D eigenvalue weighted by atomic mass is 19.1. The molecule has 4 heterocycles. The monoisotopic (exact) mass is 389 g/mol. The van der Waals surface area contributed by atoms with Crippen LogP contribution in [0.4, 0.5) is 10.2 Å². The van der Waals surface area contributed by atoms with Crippen molar-refractivity contribution in [1.29, 1.82) is 0 Å². The van der Waals surface area contributed by atoms with Crippen molar-refractivity contribution in [3.8, 4) is 22.5 Å². The maximum absolute atomic E-state index is 13.4. The fourth-order valence-corrected chi connectivity index (χ4v) is 2.84. The van der Waals surface area contributed by atoms with Crippen LogP contribution in [0.5, 0.6) is 0 Å². The van der Waals surface area contributed by atoms with Crippen LogP contribution >= 0.6 is 0 Å². The summed E-state index contributed by atoms with van der Waals surface area (Å²) in [4.78, 5) is 32.7. The average molecular weight is 389 g/mol. The van der Waals surface area contributed by atoms with E-state index >= 15 is 0 Å². The van der Waals surface area contributed by atoms with Gasteiger partial charge in [0.05, 0.1) is 23.9 Å². The second-order valence-corrected chi connectivity index (χ2v) is 6.24. The highest BCUT2D eigenvalue weighted by Gasteiger charge is 2.13. The lowest BCUT2D eigenvalue weighted by Crippen LogP contribution is -2.19. The smallest absolute Gasteiger partial charge is 0.245 e. The van der Waals surface area contributed by atoms with E-state index in [1.165, 1.54) is 12.3 Å². The number of pyridine rings is 2. The van der Waals surface area contributed by atoms with E-state index < -0.39 is 5.95 Å². The van der Waals surface area contributed by atoms with Crippen molar-refractivity contribution in [3.63, 3.8) is 0 Å². The van der Waals surface area contributed by atoms with E-state index in [0.717, 1.165) is 11.3 Å². The molecule has 29 heavy (non-hydrogen) atoms. The lowest BCUT2D eigenvalue weighted by molar-refractivity contribution is -0.116. The first-order valence-corrected chi connectivity index (χ1v) is 8.76. The Morgan fingerprint density at radius 2 is 1.93 bits per heavy atom. The molecule has 0 aliphatic rings. The summed E-state index contributed by atoms with van der Waals surface area (Å²) in [6.07, 6.45) is 9.40. The number of imidazole rings is 1. The Kier molecular flexibility index (Phi) is 5.02. The van der Waals surface area contributed by atoms with Gasteiger partial charge in [0.2, 0.25) is 11.9 Å². The zero-order valence-corrected chi connectivity index (χ0v) is 15.5. The molecule has 9 heteroatoms. The van der Waals surface area contributed by atoms with E-state index in [4.69, 9.17) is 0 Å². The summed E-state index contributed by atoms with van der Waals surface area (Å²) in [7, 11) is 0. The van der Waals surface area contributed by atoms with E-state index in [2.05, 4.69) is 30.2 Å². The number of hydrogen-bond acceptors (Lipinski definition) is 6.